The van der Waals surface area contributed by atoms with Crippen LogP contribution >= 0.6 is 23.2 Å². The molecular formula is C14H14Cl2O2. The SMILES string of the molecule is Cc1oc(C)c(C(O)c2cccc(Cl)c2Cl)c1C. The molecule has 0 aliphatic heterocycles. The molecule has 1 unspecified atom stereocenters. The second-order valence-corrected chi connectivity index (χ2v) is 5.08. The summed E-state index contributed by atoms with van der Waals surface area (Å²) in [7, 11) is 0. The first kappa shape index (κ1) is 13.5. The van der Waals surface area contributed by atoms with Crippen molar-refractivity contribution in [3.8, 4) is 0 Å². The molecule has 0 saturated heterocycles. The first-order chi connectivity index (χ1) is 8.43. The predicted octanol–water partition coefficient (Wildman–Crippen LogP) is 4.59. The van der Waals surface area contributed by atoms with Crippen LogP contribution in [-0.2, 0) is 0 Å². The van der Waals surface area contributed by atoms with Crippen LogP contribution in [0.15, 0.2) is 22.6 Å². The van der Waals surface area contributed by atoms with Crippen molar-refractivity contribution in [1.82, 2.24) is 0 Å². The maximum absolute atomic E-state index is 10.5. The lowest BCUT2D eigenvalue weighted by Gasteiger charge is -2.14. The number of halogens is 2. The average Bonchev–Trinajstić information content (AvgIpc) is 2.56. The second-order valence-electron chi connectivity index (χ2n) is 4.30. The highest BCUT2D eigenvalue weighted by molar-refractivity contribution is 6.42. The van der Waals surface area contributed by atoms with E-state index in [1.807, 2.05) is 20.8 Å². The van der Waals surface area contributed by atoms with Crippen molar-refractivity contribution >= 4 is 23.2 Å². The number of aliphatic hydroxyl groups is 1. The van der Waals surface area contributed by atoms with E-state index in [4.69, 9.17) is 27.6 Å². The molecule has 1 atom stereocenters. The van der Waals surface area contributed by atoms with Gasteiger partial charge in [-0.2, -0.15) is 0 Å². The van der Waals surface area contributed by atoms with Gasteiger partial charge in [0.2, 0.25) is 0 Å². The summed E-state index contributed by atoms with van der Waals surface area (Å²) in [6.45, 7) is 5.62. The van der Waals surface area contributed by atoms with Gasteiger partial charge < -0.3 is 9.52 Å². The molecule has 18 heavy (non-hydrogen) atoms. The molecule has 1 N–H and O–H groups in total. The molecule has 2 rings (SSSR count). The molecule has 0 saturated carbocycles. The molecule has 1 aromatic heterocycles. The summed E-state index contributed by atoms with van der Waals surface area (Å²) in [6, 6.07) is 5.23. The summed E-state index contributed by atoms with van der Waals surface area (Å²) in [5.41, 5.74) is 2.30. The van der Waals surface area contributed by atoms with Crippen molar-refractivity contribution in [3.63, 3.8) is 0 Å². The Hall–Kier alpha value is -0.960. The first-order valence-electron chi connectivity index (χ1n) is 5.62. The van der Waals surface area contributed by atoms with Gasteiger partial charge in [-0.1, -0.05) is 35.3 Å². The normalized spacial score (nSPS) is 12.8. The number of aryl methyl sites for hydroxylation is 2. The third-order valence-electron chi connectivity index (χ3n) is 3.17. The fraction of sp³-hybridized carbons (Fsp3) is 0.286. The molecule has 96 valence electrons. The van der Waals surface area contributed by atoms with E-state index < -0.39 is 6.10 Å². The van der Waals surface area contributed by atoms with Gasteiger partial charge >= 0.3 is 0 Å². The third kappa shape index (κ3) is 2.16. The maximum Gasteiger partial charge on any atom is 0.109 e. The summed E-state index contributed by atoms with van der Waals surface area (Å²) in [5.74, 6) is 1.51. The quantitative estimate of drug-likeness (QED) is 0.875. The number of furan rings is 1. The van der Waals surface area contributed by atoms with Crippen LogP contribution in [0.2, 0.25) is 10.0 Å². The van der Waals surface area contributed by atoms with Crippen molar-refractivity contribution in [2.24, 2.45) is 0 Å². The zero-order valence-electron chi connectivity index (χ0n) is 10.4. The van der Waals surface area contributed by atoms with Gasteiger partial charge in [0.05, 0.1) is 10.0 Å². The van der Waals surface area contributed by atoms with Gasteiger partial charge in [-0.05, 0) is 32.4 Å². The third-order valence-corrected chi connectivity index (χ3v) is 4.00. The van der Waals surface area contributed by atoms with E-state index in [1.54, 1.807) is 18.2 Å². The van der Waals surface area contributed by atoms with Gasteiger partial charge in [0, 0.05) is 11.1 Å². The zero-order chi connectivity index (χ0) is 13.4. The van der Waals surface area contributed by atoms with E-state index in [9.17, 15) is 5.11 Å². The monoisotopic (exact) mass is 284 g/mol. The summed E-state index contributed by atoms with van der Waals surface area (Å²) in [5, 5.41) is 11.3. The molecule has 0 radical (unpaired) electrons. The standard InChI is InChI=1S/C14H14Cl2O2/c1-7-8(2)18-9(3)12(7)14(17)10-5-4-6-11(15)13(10)16/h4-6,14,17H,1-3H3. The van der Waals surface area contributed by atoms with Gasteiger partial charge in [0.15, 0.2) is 0 Å². The highest BCUT2D eigenvalue weighted by Gasteiger charge is 2.23. The van der Waals surface area contributed by atoms with Crippen molar-refractivity contribution < 1.29 is 9.52 Å². The molecule has 0 bridgehead atoms. The van der Waals surface area contributed by atoms with Crippen molar-refractivity contribution in [3.05, 3.63) is 56.5 Å². The molecule has 1 aromatic carbocycles. The number of hydrogen-bond donors (Lipinski definition) is 1. The highest BCUT2D eigenvalue weighted by Crippen LogP contribution is 2.36. The van der Waals surface area contributed by atoms with Crippen molar-refractivity contribution in [2.75, 3.05) is 0 Å². The average molecular weight is 285 g/mol. The summed E-state index contributed by atoms with van der Waals surface area (Å²) in [6.07, 6.45) is -0.825. The smallest absolute Gasteiger partial charge is 0.109 e. The van der Waals surface area contributed by atoms with Gasteiger partial charge in [-0.3, -0.25) is 0 Å². The Balaban J connectivity index is 2.54. The van der Waals surface area contributed by atoms with Crippen LogP contribution in [0, 0.1) is 20.8 Å². The molecule has 0 spiro atoms. The minimum atomic E-state index is -0.825. The van der Waals surface area contributed by atoms with Crippen LogP contribution < -0.4 is 0 Å². The molecule has 4 heteroatoms. The lowest BCUT2D eigenvalue weighted by molar-refractivity contribution is 0.217. The molecule has 0 fully saturated rings. The molecule has 0 aliphatic rings. The number of benzene rings is 1. The van der Waals surface area contributed by atoms with Crippen LogP contribution in [0.25, 0.3) is 0 Å². The zero-order valence-corrected chi connectivity index (χ0v) is 11.9. The van der Waals surface area contributed by atoms with Gasteiger partial charge in [-0.15, -0.1) is 0 Å². The fourth-order valence-electron chi connectivity index (χ4n) is 2.10. The Morgan fingerprint density at radius 3 is 2.33 bits per heavy atom. The van der Waals surface area contributed by atoms with E-state index in [2.05, 4.69) is 0 Å². The van der Waals surface area contributed by atoms with Crippen LogP contribution in [0.3, 0.4) is 0 Å². The van der Waals surface area contributed by atoms with Gasteiger partial charge in [0.1, 0.15) is 17.6 Å². The topological polar surface area (TPSA) is 33.4 Å². The molecule has 0 aliphatic carbocycles. The summed E-state index contributed by atoms with van der Waals surface area (Å²) < 4.78 is 5.52. The molecular weight excluding hydrogens is 271 g/mol. The van der Waals surface area contributed by atoms with Crippen LogP contribution in [0.4, 0.5) is 0 Å². The summed E-state index contributed by atoms with van der Waals surface area (Å²) >= 11 is 12.1. The largest absolute Gasteiger partial charge is 0.466 e. The Morgan fingerprint density at radius 1 is 1.11 bits per heavy atom. The summed E-state index contributed by atoms with van der Waals surface area (Å²) in [4.78, 5) is 0. The van der Waals surface area contributed by atoms with E-state index in [0.29, 0.717) is 21.4 Å². The molecule has 0 amide bonds. The number of rotatable bonds is 2. The van der Waals surface area contributed by atoms with Crippen LogP contribution in [-0.4, -0.2) is 5.11 Å². The Kier molecular flexibility index (Phi) is 3.71. The van der Waals surface area contributed by atoms with E-state index >= 15 is 0 Å². The number of hydrogen-bond acceptors (Lipinski definition) is 2. The predicted molar refractivity (Wildman–Crippen MR) is 73.4 cm³/mol. The van der Waals surface area contributed by atoms with Crippen LogP contribution in [0.5, 0.6) is 0 Å². The Morgan fingerprint density at radius 2 is 1.78 bits per heavy atom. The molecule has 1 heterocycles. The molecule has 2 aromatic rings. The fourth-order valence-corrected chi connectivity index (χ4v) is 2.51. The lowest BCUT2D eigenvalue weighted by atomic mass is 9.98. The van der Waals surface area contributed by atoms with Gasteiger partial charge in [-0.25, -0.2) is 0 Å². The minimum Gasteiger partial charge on any atom is -0.466 e. The molecule has 2 nitrogen and oxygen atoms in total. The van der Waals surface area contributed by atoms with Gasteiger partial charge in [0.25, 0.3) is 0 Å². The number of aliphatic hydroxyl groups excluding tert-OH is 1. The maximum atomic E-state index is 10.5. The van der Waals surface area contributed by atoms with E-state index in [-0.39, 0.29) is 0 Å². The Labute approximate surface area is 116 Å². The minimum absolute atomic E-state index is 0.379. The highest BCUT2D eigenvalue weighted by atomic mass is 35.5. The van der Waals surface area contributed by atoms with Crippen molar-refractivity contribution in [2.45, 2.75) is 26.9 Å². The first-order valence-corrected chi connectivity index (χ1v) is 6.37. The van der Waals surface area contributed by atoms with Crippen molar-refractivity contribution in [1.29, 1.82) is 0 Å². The van der Waals surface area contributed by atoms with Crippen LogP contribution in [0.1, 0.15) is 34.3 Å². The lowest BCUT2D eigenvalue weighted by Crippen LogP contribution is -2.03. The second kappa shape index (κ2) is 4.96. The Bertz CT molecular complexity index is 588. The van der Waals surface area contributed by atoms with E-state index in [1.165, 1.54) is 0 Å². The van der Waals surface area contributed by atoms with E-state index in [0.717, 1.165) is 16.9 Å².